The zero-order chi connectivity index (χ0) is 14.5. The lowest BCUT2D eigenvalue weighted by Crippen LogP contribution is -2.24. The predicted octanol–water partition coefficient (Wildman–Crippen LogP) is 1.06. The van der Waals surface area contributed by atoms with E-state index >= 15 is 0 Å². The maximum atomic E-state index is 11.9. The maximum Gasteiger partial charge on any atom is 0.274 e. The summed E-state index contributed by atoms with van der Waals surface area (Å²) in [5.41, 5.74) is 1.76. The van der Waals surface area contributed by atoms with Gasteiger partial charge in [0.05, 0.1) is 19.9 Å². The molecule has 106 valence electrons. The number of ether oxygens (including phenoxy) is 2. The van der Waals surface area contributed by atoms with Crippen LogP contribution in [0, 0.1) is 6.92 Å². The van der Waals surface area contributed by atoms with Gasteiger partial charge in [0.25, 0.3) is 5.91 Å². The second-order valence-corrected chi connectivity index (χ2v) is 4.13. The summed E-state index contributed by atoms with van der Waals surface area (Å²) in [6, 6.07) is 5.47. The molecule has 0 radical (unpaired) electrons. The molecule has 0 fully saturated rings. The van der Waals surface area contributed by atoms with Gasteiger partial charge in [-0.15, -0.1) is 0 Å². The quantitative estimate of drug-likeness (QED) is 0.852. The summed E-state index contributed by atoms with van der Waals surface area (Å²) in [7, 11) is 3.14. The van der Waals surface area contributed by atoms with Crippen LogP contribution in [0.2, 0.25) is 0 Å². The van der Waals surface area contributed by atoms with Gasteiger partial charge in [-0.25, -0.2) is 0 Å². The molecule has 1 aromatic carbocycles. The molecule has 0 atom stereocenters. The van der Waals surface area contributed by atoms with Crippen molar-refractivity contribution in [2.45, 2.75) is 13.5 Å². The maximum absolute atomic E-state index is 11.9. The Hall–Kier alpha value is -2.57. The minimum Gasteiger partial charge on any atom is -0.493 e. The number of nitrogens with zero attached hydrogens (tertiary/aromatic N) is 2. The van der Waals surface area contributed by atoms with E-state index < -0.39 is 0 Å². The first-order valence-corrected chi connectivity index (χ1v) is 6.02. The van der Waals surface area contributed by atoms with Crippen molar-refractivity contribution in [3.8, 4) is 11.5 Å². The molecule has 0 spiro atoms. The fourth-order valence-electron chi connectivity index (χ4n) is 1.76. The molecule has 2 rings (SSSR count). The molecule has 1 amide bonds. The highest BCUT2D eigenvalue weighted by Crippen LogP contribution is 2.27. The van der Waals surface area contributed by atoms with Crippen LogP contribution in [0.3, 0.4) is 0 Å². The molecule has 2 aromatic rings. The van der Waals surface area contributed by atoms with Crippen molar-refractivity contribution in [3.63, 3.8) is 0 Å². The third-order valence-corrected chi connectivity index (χ3v) is 2.84. The minimum atomic E-state index is -0.272. The third-order valence-electron chi connectivity index (χ3n) is 2.84. The van der Waals surface area contributed by atoms with Gasteiger partial charge in [0.15, 0.2) is 17.2 Å². The number of hydrogen-bond donors (Lipinski definition) is 2. The Morgan fingerprint density at radius 2 is 2.00 bits per heavy atom. The van der Waals surface area contributed by atoms with Gasteiger partial charge >= 0.3 is 0 Å². The SMILES string of the molecule is COc1ccc(CNC(=O)c2n[nH]nc2C)cc1OC. The Morgan fingerprint density at radius 3 is 2.60 bits per heavy atom. The molecular weight excluding hydrogens is 260 g/mol. The van der Waals surface area contributed by atoms with Crippen LogP contribution in [0.1, 0.15) is 21.7 Å². The first kappa shape index (κ1) is 13.9. The highest BCUT2D eigenvalue weighted by molar-refractivity contribution is 5.93. The smallest absolute Gasteiger partial charge is 0.274 e. The van der Waals surface area contributed by atoms with Crippen molar-refractivity contribution in [1.29, 1.82) is 0 Å². The number of aryl methyl sites for hydroxylation is 1. The predicted molar refractivity (Wildman–Crippen MR) is 71.8 cm³/mol. The zero-order valence-electron chi connectivity index (χ0n) is 11.6. The Labute approximate surface area is 116 Å². The number of benzene rings is 1. The van der Waals surface area contributed by atoms with Crippen LogP contribution >= 0.6 is 0 Å². The van der Waals surface area contributed by atoms with Gasteiger partial charge in [0, 0.05) is 6.54 Å². The average molecular weight is 276 g/mol. The first-order chi connectivity index (χ1) is 9.65. The number of aromatic nitrogens is 3. The number of methoxy groups -OCH3 is 2. The van der Waals surface area contributed by atoms with E-state index in [4.69, 9.17) is 9.47 Å². The lowest BCUT2D eigenvalue weighted by Gasteiger charge is -2.10. The number of hydrogen-bond acceptors (Lipinski definition) is 5. The molecular formula is C13H16N4O3. The molecule has 1 aromatic heterocycles. The van der Waals surface area contributed by atoms with Crippen LogP contribution in [0.4, 0.5) is 0 Å². The summed E-state index contributed by atoms with van der Waals surface area (Å²) in [6.45, 7) is 2.08. The summed E-state index contributed by atoms with van der Waals surface area (Å²) >= 11 is 0. The molecule has 0 aliphatic rings. The number of rotatable bonds is 5. The summed E-state index contributed by atoms with van der Waals surface area (Å²) < 4.78 is 10.4. The Bertz CT molecular complexity index is 609. The molecule has 0 saturated heterocycles. The van der Waals surface area contributed by atoms with E-state index in [2.05, 4.69) is 20.7 Å². The number of nitrogens with one attached hydrogen (secondary N) is 2. The average Bonchev–Trinajstić information content (AvgIpc) is 2.90. The Kier molecular flexibility index (Phi) is 4.19. The van der Waals surface area contributed by atoms with Gasteiger partial charge in [-0.05, 0) is 24.6 Å². The van der Waals surface area contributed by atoms with Crippen LogP contribution in [0.5, 0.6) is 11.5 Å². The van der Waals surface area contributed by atoms with Gasteiger partial charge in [0.1, 0.15) is 0 Å². The molecule has 0 bridgehead atoms. The molecule has 0 saturated carbocycles. The highest BCUT2D eigenvalue weighted by atomic mass is 16.5. The number of H-pyrrole nitrogens is 1. The van der Waals surface area contributed by atoms with Crippen LogP contribution in [-0.2, 0) is 6.54 Å². The van der Waals surface area contributed by atoms with E-state index in [0.717, 1.165) is 5.56 Å². The molecule has 0 aliphatic heterocycles. The van der Waals surface area contributed by atoms with E-state index in [1.54, 1.807) is 27.2 Å². The van der Waals surface area contributed by atoms with E-state index in [0.29, 0.717) is 29.4 Å². The first-order valence-electron chi connectivity index (χ1n) is 6.02. The third kappa shape index (κ3) is 2.87. The lowest BCUT2D eigenvalue weighted by atomic mass is 10.2. The van der Waals surface area contributed by atoms with E-state index in [1.165, 1.54) is 0 Å². The van der Waals surface area contributed by atoms with Gasteiger partial charge in [-0.2, -0.15) is 15.4 Å². The van der Waals surface area contributed by atoms with Crippen LogP contribution in [-0.4, -0.2) is 35.5 Å². The van der Waals surface area contributed by atoms with Crippen LogP contribution in [0.25, 0.3) is 0 Å². The largest absolute Gasteiger partial charge is 0.493 e. The number of carbonyl (C=O) groups is 1. The van der Waals surface area contributed by atoms with Crippen molar-refractivity contribution in [2.24, 2.45) is 0 Å². The van der Waals surface area contributed by atoms with Gasteiger partial charge in [-0.3, -0.25) is 4.79 Å². The molecule has 7 nitrogen and oxygen atoms in total. The van der Waals surface area contributed by atoms with Gasteiger partial charge < -0.3 is 14.8 Å². The fraction of sp³-hybridized carbons (Fsp3) is 0.308. The number of aromatic amines is 1. The summed E-state index contributed by atoms with van der Waals surface area (Å²) in [6.07, 6.45) is 0. The Balaban J connectivity index is 2.04. The fourth-order valence-corrected chi connectivity index (χ4v) is 1.76. The standard InChI is InChI=1S/C13H16N4O3/c1-8-12(16-17-15-8)13(18)14-7-9-4-5-10(19-2)11(6-9)20-3/h4-6H,7H2,1-3H3,(H,14,18)(H,15,16,17). The number of amides is 1. The van der Waals surface area contributed by atoms with Gasteiger partial charge in [-0.1, -0.05) is 6.07 Å². The minimum absolute atomic E-state index is 0.272. The van der Waals surface area contributed by atoms with Crippen molar-refractivity contribution < 1.29 is 14.3 Å². The summed E-state index contributed by atoms with van der Waals surface area (Å²) in [4.78, 5) is 11.9. The summed E-state index contributed by atoms with van der Waals surface area (Å²) in [5, 5.41) is 12.8. The molecule has 7 heteroatoms. The van der Waals surface area contributed by atoms with Crippen molar-refractivity contribution in [2.75, 3.05) is 14.2 Å². The van der Waals surface area contributed by atoms with Crippen molar-refractivity contribution in [3.05, 3.63) is 35.2 Å². The molecule has 1 heterocycles. The normalized spacial score (nSPS) is 10.2. The topological polar surface area (TPSA) is 89.1 Å². The Morgan fingerprint density at radius 1 is 1.25 bits per heavy atom. The van der Waals surface area contributed by atoms with E-state index in [1.807, 2.05) is 12.1 Å². The monoisotopic (exact) mass is 276 g/mol. The van der Waals surface area contributed by atoms with Crippen molar-refractivity contribution >= 4 is 5.91 Å². The number of carbonyl (C=O) groups excluding carboxylic acids is 1. The molecule has 0 unspecified atom stereocenters. The zero-order valence-corrected chi connectivity index (χ0v) is 11.6. The molecule has 20 heavy (non-hydrogen) atoms. The van der Waals surface area contributed by atoms with Crippen LogP contribution < -0.4 is 14.8 Å². The van der Waals surface area contributed by atoms with Crippen LogP contribution in [0.15, 0.2) is 18.2 Å². The lowest BCUT2D eigenvalue weighted by molar-refractivity contribution is 0.0945. The molecule has 0 aliphatic carbocycles. The van der Waals surface area contributed by atoms with Crippen molar-refractivity contribution in [1.82, 2.24) is 20.7 Å². The summed E-state index contributed by atoms with van der Waals surface area (Å²) in [5.74, 6) is 0.998. The van der Waals surface area contributed by atoms with E-state index in [9.17, 15) is 4.79 Å². The van der Waals surface area contributed by atoms with E-state index in [-0.39, 0.29) is 5.91 Å². The molecule has 2 N–H and O–H groups in total. The second kappa shape index (κ2) is 6.05. The highest BCUT2D eigenvalue weighted by Gasteiger charge is 2.13. The van der Waals surface area contributed by atoms with Gasteiger partial charge in [0.2, 0.25) is 0 Å². The second-order valence-electron chi connectivity index (χ2n) is 4.13.